The monoisotopic (exact) mass is 462 g/mol. The number of hydrogen-bond acceptors (Lipinski definition) is 4. The van der Waals surface area contributed by atoms with Gasteiger partial charge in [0.2, 0.25) is 10.0 Å². The normalized spacial score (nSPS) is 15.8. The van der Waals surface area contributed by atoms with E-state index in [4.69, 9.17) is 4.74 Å². The zero-order valence-corrected chi connectivity index (χ0v) is 19.1. The second kappa shape index (κ2) is 9.00. The lowest BCUT2D eigenvalue weighted by molar-refractivity contribution is 0.0950. The molecule has 0 radical (unpaired) electrons. The van der Waals surface area contributed by atoms with E-state index in [-0.39, 0.29) is 25.6 Å². The van der Waals surface area contributed by atoms with Gasteiger partial charge in [-0.1, -0.05) is 36.4 Å². The average molecular weight is 463 g/mol. The summed E-state index contributed by atoms with van der Waals surface area (Å²) in [4.78, 5) is 13.0. The fraction of sp³-hybridized carbons (Fsp3) is 0.269. The number of nitrogens with zero attached hydrogens (tertiary/aromatic N) is 1. The van der Waals surface area contributed by atoms with Crippen molar-refractivity contribution in [2.75, 3.05) is 13.2 Å². The van der Waals surface area contributed by atoms with Gasteiger partial charge in [-0.15, -0.1) is 0 Å². The third-order valence-electron chi connectivity index (χ3n) is 6.27. The number of amides is 1. The van der Waals surface area contributed by atoms with Gasteiger partial charge in [0.1, 0.15) is 12.4 Å². The molecule has 0 fully saturated rings. The van der Waals surface area contributed by atoms with Crippen LogP contribution in [-0.4, -0.2) is 31.8 Å². The first kappa shape index (κ1) is 21.7. The standard InChI is InChI=1S/C26H26N2O4S/c29-26(27-17-19-5-2-1-3-6-19)22-10-12-25-23(15-22)18-28(13-14-32-25)33(30,31)24-11-9-20-7-4-8-21(20)16-24/h1-3,5-6,9-12,15-16H,4,7-8,13-14,17-18H2,(H,27,29). The zero-order valence-electron chi connectivity index (χ0n) is 18.3. The molecule has 0 saturated carbocycles. The molecule has 0 unspecified atom stereocenters. The first-order chi connectivity index (χ1) is 16.0. The number of sulfonamides is 1. The fourth-order valence-corrected chi connectivity index (χ4v) is 5.91. The van der Waals surface area contributed by atoms with Crippen LogP contribution in [0.3, 0.4) is 0 Å². The number of hydrogen-bond donors (Lipinski definition) is 1. The number of ether oxygens (including phenoxy) is 1. The predicted octanol–water partition coefficient (Wildman–Crippen LogP) is 3.69. The van der Waals surface area contributed by atoms with Gasteiger partial charge in [0.15, 0.2) is 0 Å². The van der Waals surface area contributed by atoms with E-state index in [0.29, 0.717) is 28.3 Å². The van der Waals surface area contributed by atoms with Crippen molar-refractivity contribution in [1.29, 1.82) is 0 Å². The van der Waals surface area contributed by atoms with Gasteiger partial charge in [0, 0.05) is 30.8 Å². The summed E-state index contributed by atoms with van der Waals surface area (Å²) in [6, 6.07) is 20.3. The van der Waals surface area contributed by atoms with Gasteiger partial charge >= 0.3 is 0 Å². The van der Waals surface area contributed by atoms with Crippen LogP contribution >= 0.6 is 0 Å². The summed E-state index contributed by atoms with van der Waals surface area (Å²) < 4.78 is 34.1. The molecule has 5 rings (SSSR count). The third kappa shape index (κ3) is 4.51. The molecule has 3 aromatic rings. The van der Waals surface area contributed by atoms with Gasteiger partial charge in [-0.25, -0.2) is 8.42 Å². The highest BCUT2D eigenvalue weighted by Gasteiger charge is 2.29. The van der Waals surface area contributed by atoms with Crippen LogP contribution < -0.4 is 10.1 Å². The van der Waals surface area contributed by atoms with Crippen LogP contribution in [0.1, 0.15) is 39.0 Å². The summed E-state index contributed by atoms with van der Waals surface area (Å²) in [5.41, 5.74) is 4.54. The topological polar surface area (TPSA) is 75.7 Å². The molecule has 1 aliphatic heterocycles. The summed E-state index contributed by atoms with van der Waals surface area (Å²) in [6.45, 7) is 1.10. The summed E-state index contributed by atoms with van der Waals surface area (Å²) in [6.07, 6.45) is 3.00. The molecule has 33 heavy (non-hydrogen) atoms. The predicted molar refractivity (Wildman–Crippen MR) is 126 cm³/mol. The molecule has 0 bridgehead atoms. The maximum absolute atomic E-state index is 13.4. The molecule has 2 aliphatic rings. The number of nitrogens with one attached hydrogen (secondary N) is 1. The number of fused-ring (bicyclic) bond motifs is 2. The van der Waals surface area contributed by atoms with Crippen LogP contribution in [0.4, 0.5) is 0 Å². The number of aryl methyl sites for hydroxylation is 2. The Hall–Kier alpha value is -3.16. The lowest BCUT2D eigenvalue weighted by Crippen LogP contribution is -2.32. The lowest BCUT2D eigenvalue weighted by Gasteiger charge is -2.20. The highest BCUT2D eigenvalue weighted by Crippen LogP contribution is 2.30. The first-order valence-corrected chi connectivity index (χ1v) is 12.6. The van der Waals surface area contributed by atoms with Crippen molar-refractivity contribution >= 4 is 15.9 Å². The van der Waals surface area contributed by atoms with Crippen LogP contribution in [-0.2, 0) is 36.0 Å². The quantitative estimate of drug-likeness (QED) is 0.628. The molecule has 1 aliphatic carbocycles. The van der Waals surface area contributed by atoms with Crippen molar-refractivity contribution in [2.45, 2.75) is 37.2 Å². The first-order valence-electron chi connectivity index (χ1n) is 11.2. The Balaban J connectivity index is 1.36. The van der Waals surface area contributed by atoms with Gasteiger partial charge < -0.3 is 10.1 Å². The van der Waals surface area contributed by atoms with Crippen molar-refractivity contribution in [3.05, 3.63) is 94.5 Å². The van der Waals surface area contributed by atoms with E-state index < -0.39 is 10.0 Å². The van der Waals surface area contributed by atoms with E-state index in [1.165, 1.54) is 9.87 Å². The van der Waals surface area contributed by atoms with Crippen molar-refractivity contribution in [2.24, 2.45) is 0 Å². The van der Waals surface area contributed by atoms with Crippen LogP contribution in [0.2, 0.25) is 0 Å². The number of carbonyl (C=O) groups is 1. The van der Waals surface area contributed by atoms with Gasteiger partial charge in [0.05, 0.1) is 4.90 Å². The smallest absolute Gasteiger partial charge is 0.251 e. The maximum atomic E-state index is 13.4. The molecule has 1 heterocycles. The van der Waals surface area contributed by atoms with Crippen molar-refractivity contribution in [1.82, 2.24) is 9.62 Å². The molecule has 3 aromatic carbocycles. The Bertz CT molecular complexity index is 1290. The van der Waals surface area contributed by atoms with Crippen LogP contribution in [0.5, 0.6) is 5.75 Å². The van der Waals surface area contributed by atoms with E-state index in [1.54, 1.807) is 24.3 Å². The summed E-state index contributed by atoms with van der Waals surface area (Å²) in [5, 5.41) is 2.92. The maximum Gasteiger partial charge on any atom is 0.251 e. The molecule has 0 aromatic heterocycles. The third-order valence-corrected chi connectivity index (χ3v) is 8.11. The molecule has 6 nitrogen and oxygen atoms in total. The van der Waals surface area contributed by atoms with E-state index in [9.17, 15) is 13.2 Å². The molecule has 1 amide bonds. The number of carbonyl (C=O) groups excluding carboxylic acids is 1. The molecule has 0 spiro atoms. The summed E-state index contributed by atoms with van der Waals surface area (Å²) in [5.74, 6) is 0.403. The Labute approximate surface area is 194 Å². The second-order valence-electron chi connectivity index (χ2n) is 8.46. The van der Waals surface area contributed by atoms with Crippen LogP contribution in [0.25, 0.3) is 0 Å². The number of benzene rings is 3. The molecule has 0 saturated heterocycles. The lowest BCUT2D eigenvalue weighted by atomic mass is 10.1. The number of rotatable bonds is 5. The SMILES string of the molecule is O=C(NCc1ccccc1)c1ccc2c(c1)CN(S(=O)(=O)c1ccc3c(c1)CCC3)CCO2. The average Bonchev–Trinajstić information content (AvgIpc) is 3.20. The molecule has 1 N–H and O–H groups in total. The van der Waals surface area contributed by atoms with Crippen molar-refractivity contribution in [3.63, 3.8) is 0 Å². The Morgan fingerprint density at radius 3 is 2.61 bits per heavy atom. The molecular formula is C26H26N2O4S. The molecular weight excluding hydrogens is 436 g/mol. The Morgan fingerprint density at radius 2 is 1.76 bits per heavy atom. The minimum atomic E-state index is -3.68. The van der Waals surface area contributed by atoms with Gasteiger partial charge in [-0.05, 0) is 66.3 Å². The van der Waals surface area contributed by atoms with Gasteiger partial charge in [0.25, 0.3) is 5.91 Å². The van der Waals surface area contributed by atoms with E-state index in [1.807, 2.05) is 42.5 Å². The van der Waals surface area contributed by atoms with Gasteiger partial charge in [-0.2, -0.15) is 4.31 Å². The second-order valence-corrected chi connectivity index (χ2v) is 10.4. The Kier molecular flexibility index (Phi) is 5.91. The minimum absolute atomic E-state index is 0.161. The molecule has 0 atom stereocenters. The Morgan fingerprint density at radius 1 is 0.939 bits per heavy atom. The summed E-state index contributed by atoms with van der Waals surface area (Å²) >= 11 is 0. The largest absolute Gasteiger partial charge is 0.492 e. The summed E-state index contributed by atoms with van der Waals surface area (Å²) in [7, 11) is -3.68. The van der Waals surface area contributed by atoms with E-state index in [2.05, 4.69) is 5.32 Å². The van der Waals surface area contributed by atoms with E-state index >= 15 is 0 Å². The van der Waals surface area contributed by atoms with E-state index in [0.717, 1.165) is 30.4 Å². The van der Waals surface area contributed by atoms with Crippen LogP contribution in [0.15, 0.2) is 71.6 Å². The highest BCUT2D eigenvalue weighted by atomic mass is 32.2. The van der Waals surface area contributed by atoms with Crippen LogP contribution in [0, 0.1) is 0 Å². The molecule has 7 heteroatoms. The van der Waals surface area contributed by atoms with Gasteiger partial charge in [-0.3, -0.25) is 4.79 Å². The minimum Gasteiger partial charge on any atom is -0.492 e. The zero-order chi connectivity index (χ0) is 22.8. The fourth-order valence-electron chi connectivity index (χ4n) is 4.45. The van der Waals surface area contributed by atoms with Crippen molar-refractivity contribution < 1.29 is 17.9 Å². The van der Waals surface area contributed by atoms with Crippen molar-refractivity contribution in [3.8, 4) is 5.75 Å². The highest BCUT2D eigenvalue weighted by molar-refractivity contribution is 7.89. The molecule has 170 valence electrons.